The Morgan fingerprint density at radius 1 is 0.943 bits per heavy atom. The van der Waals surface area contributed by atoms with Crippen molar-refractivity contribution >= 4 is 40.6 Å². The zero-order valence-corrected chi connectivity index (χ0v) is 20.9. The van der Waals surface area contributed by atoms with Gasteiger partial charge in [0.25, 0.3) is 0 Å². The van der Waals surface area contributed by atoms with Gasteiger partial charge in [-0.05, 0) is 60.9 Å². The fraction of sp³-hybridized carbons (Fsp3) is 0.370. The highest BCUT2D eigenvalue weighted by Crippen LogP contribution is 2.68. The SMILES string of the molecule is COc1ccc(N2C(=O)[C@@H]3[C@H]4C[C@@H]([C@@H]5Sc6[nH]c(=O)sc6[C@@H](c6ccc(C)cc6)[C@@H]45)[C@H]3C2=O)cc1. The maximum absolute atomic E-state index is 13.8. The Morgan fingerprint density at radius 3 is 2.31 bits per heavy atom. The number of benzene rings is 2. The van der Waals surface area contributed by atoms with Gasteiger partial charge in [0.15, 0.2) is 0 Å². The summed E-state index contributed by atoms with van der Waals surface area (Å²) >= 11 is 3.02. The lowest BCUT2D eigenvalue weighted by Crippen LogP contribution is -2.42. The summed E-state index contributed by atoms with van der Waals surface area (Å²) in [5.41, 5.74) is 3.00. The van der Waals surface area contributed by atoms with Crippen LogP contribution >= 0.6 is 23.1 Å². The van der Waals surface area contributed by atoms with Crippen molar-refractivity contribution < 1.29 is 14.3 Å². The third kappa shape index (κ3) is 2.93. The number of hydrogen-bond donors (Lipinski definition) is 1. The quantitative estimate of drug-likeness (QED) is 0.534. The molecule has 7 rings (SSSR count). The molecule has 2 saturated carbocycles. The van der Waals surface area contributed by atoms with Crippen molar-refractivity contribution in [3.63, 3.8) is 0 Å². The molecule has 1 N–H and O–H groups in total. The molecular weight excluding hydrogens is 480 g/mol. The lowest BCUT2D eigenvalue weighted by atomic mass is 9.68. The van der Waals surface area contributed by atoms with Gasteiger partial charge in [0.1, 0.15) is 5.75 Å². The first-order chi connectivity index (χ1) is 17.0. The van der Waals surface area contributed by atoms with E-state index in [-0.39, 0.29) is 57.4 Å². The van der Waals surface area contributed by atoms with E-state index in [2.05, 4.69) is 36.2 Å². The van der Waals surface area contributed by atoms with E-state index in [4.69, 9.17) is 4.74 Å². The fourth-order valence-electron chi connectivity index (χ4n) is 7.15. The number of carbonyl (C=O) groups is 2. The summed E-state index contributed by atoms with van der Waals surface area (Å²) in [5.74, 6) is 0.510. The molecule has 8 heteroatoms. The summed E-state index contributed by atoms with van der Waals surface area (Å²) in [6.07, 6.45) is 0.896. The van der Waals surface area contributed by atoms with Crippen LogP contribution in [0.5, 0.6) is 5.75 Å². The standard InChI is InChI=1S/C27H24N2O4S2/c1-12-3-5-13(6-4-12)18-19-16-11-17(22(19)34-24-23(18)35-27(32)28-24)21-20(16)25(30)29(26(21)31)14-7-9-15(33-2)10-8-14/h3-10,16-22H,11H2,1-2H3,(H,28,32)/t16-,17+,18-,19+,20+,21+,22-/m0/s1. The number of imide groups is 1. The van der Waals surface area contributed by atoms with E-state index in [1.807, 2.05) is 0 Å². The molecule has 2 bridgehead atoms. The highest BCUT2D eigenvalue weighted by atomic mass is 32.2. The molecule has 2 amide bonds. The smallest absolute Gasteiger partial charge is 0.305 e. The third-order valence-corrected chi connectivity index (χ3v) is 11.1. The summed E-state index contributed by atoms with van der Waals surface area (Å²) in [6, 6.07) is 15.7. The van der Waals surface area contributed by atoms with E-state index in [1.54, 1.807) is 43.1 Å². The van der Waals surface area contributed by atoms with Gasteiger partial charge in [-0.1, -0.05) is 41.2 Å². The van der Waals surface area contributed by atoms with E-state index >= 15 is 0 Å². The minimum absolute atomic E-state index is 0.0371. The number of thioether (sulfide) groups is 1. The van der Waals surface area contributed by atoms with Crippen LogP contribution in [0.2, 0.25) is 0 Å². The molecule has 178 valence electrons. The maximum Gasteiger partial charge on any atom is 0.305 e. The number of H-pyrrole nitrogens is 1. The number of anilines is 1. The average Bonchev–Trinajstić information content (AvgIpc) is 3.59. The van der Waals surface area contributed by atoms with Gasteiger partial charge in [0.05, 0.1) is 29.7 Å². The van der Waals surface area contributed by atoms with Crippen LogP contribution in [0.15, 0.2) is 58.4 Å². The summed E-state index contributed by atoms with van der Waals surface area (Å²) < 4.78 is 5.25. The van der Waals surface area contributed by atoms with Gasteiger partial charge < -0.3 is 9.72 Å². The second kappa shape index (κ2) is 7.58. The van der Waals surface area contributed by atoms with Gasteiger partial charge in [0.2, 0.25) is 11.8 Å². The number of aromatic nitrogens is 1. The molecule has 1 saturated heterocycles. The normalized spacial score (nSPS) is 32.5. The fourth-order valence-corrected chi connectivity index (χ4v) is 10.0. The van der Waals surface area contributed by atoms with Gasteiger partial charge >= 0.3 is 4.87 Å². The number of thiazole rings is 1. The monoisotopic (exact) mass is 504 g/mol. The van der Waals surface area contributed by atoms with Crippen LogP contribution in [0.1, 0.15) is 28.3 Å². The van der Waals surface area contributed by atoms with Crippen molar-refractivity contribution in [1.82, 2.24) is 4.98 Å². The second-order valence-electron chi connectivity index (χ2n) is 10.1. The van der Waals surface area contributed by atoms with Crippen LogP contribution in [0.4, 0.5) is 5.69 Å². The third-order valence-electron chi connectivity index (χ3n) is 8.49. The zero-order chi connectivity index (χ0) is 24.0. The highest BCUT2D eigenvalue weighted by Gasteiger charge is 2.69. The molecule has 7 atom stereocenters. The number of fused-ring (bicyclic) bond motifs is 9. The number of nitrogens with one attached hydrogen (secondary N) is 1. The van der Waals surface area contributed by atoms with Crippen molar-refractivity contribution in [2.24, 2.45) is 29.6 Å². The summed E-state index contributed by atoms with van der Waals surface area (Å²) in [7, 11) is 1.60. The first-order valence-electron chi connectivity index (χ1n) is 11.9. The number of ether oxygens (including phenoxy) is 1. The lowest BCUT2D eigenvalue weighted by molar-refractivity contribution is -0.123. The van der Waals surface area contributed by atoms with Crippen LogP contribution in [0.3, 0.4) is 0 Å². The van der Waals surface area contributed by atoms with Crippen LogP contribution < -0.4 is 14.5 Å². The van der Waals surface area contributed by atoms with E-state index in [9.17, 15) is 14.4 Å². The number of aromatic amines is 1. The molecule has 4 aliphatic rings. The largest absolute Gasteiger partial charge is 0.497 e. The molecule has 0 radical (unpaired) electrons. The van der Waals surface area contributed by atoms with E-state index < -0.39 is 0 Å². The Bertz CT molecular complexity index is 1410. The summed E-state index contributed by atoms with van der Waals surface area (Å²) in [5, 5.41) is 1.15. The molecular formula is C27H24N2O4S2. The predicted octanol–water partition coefficient (Wildman–Crippen LogP) is 4.43. The van der Waals surface area contributed by atoms with Crippen molar-refractivity contribution in [3.05, 3.63) is 74.2 Å². The highest BCUT2D eigenvalue weighted by molar-refractivity contribution is 8.00. The first kappa shape index (κ1) is 21.4. The van der Waals surface area contributed by atoms with Crippen LogP contribution in [-0.4, -0.2) is 29.2 Å². The molecule has 35 heavy (non-hydrogen) atoms. The lowest BCUT2D eigenvalue weighted by Gasteiger charge is -2.43. The van der Waals surface area contributed by atoms with Gasteiger partial charge in [-0.25, -0.2) is 0 Å². The van der Waals surface area contributed by atoms with Crippen molar-refractivity contribution in [2.75, 3.05) is 12.0 Å². The molecule has 1 aromatic heterocycles. The molecule has 3 heterocycles. The van der Waals surface area contributed by atoms with E-state index in [1.165, 1.54) is 27.4 Å². The molecule has 6 nitrogen and oxygen atoms in total. The molecule has 0 spiro atoms. The number of amides is 2. The predicted molar refractivity (Wildman–Crippen MR) is 135 cm³/mol. The van der Waals surface area contributed by atoms with Gasteiger partial charge in [-0.2, -0.15) is 0 Å². The van der Waals surface area contributed by atoms with E-state index in [0.717, 1.165) is 16.3 Å². The summed E-state index contributed by atoms with van der Waals surface area (Å²) in [6.45, 7) is 2.07. The molecule has 2 aliphatic heterocycles. The number of carbonyl (C=O) groups excluding carboxylic acids is 2. The molecule has 0 unspecified atom stereocenters. The van der Waals surface area contributed by atoms with Crippen LogP contribution in [0.25, 0.3) is 0 Å². The van der Waals surface area contributed by atoms with Crippen molar-refractivity contribution in [1.29, 1.82) is 0 Å². The van der Waals surface area contributed by atoms with Gasteiger partial charge in [-0.3, -0.25) is 19.3 Å². The van der Waals surface area contributed by atoms with Crippen LogP contribution in [-0.2, 0) is 9.59 Å². The molecule has 2 aliphatic carbocycles. The topological polar surface area (TPSA) is 79.5 Å². The number of aryl methyl sites for hydroxylation is 1. The molecule has 3 fully saturated rings. The Hall–Kier alpha value is -2.84. The minimum atomic E-state index is -0.290. The Kier molecular flexibility index (Phi) is 4.64. The van der Waals surface area contributed by atoms with Crippen molar-refractivity contribution in [2.45, 2.75) is 29.5 Å². The minimum Gasteiger partial charge on any atom is -0.497 e. The van der Waals surface area contributed by atoms with Crippen LogP contribution in [0, 0.1) is 36.5 Å². The number of methoxy groups -OCH3 is 1. The maximum atomic E-state index is 13.8. The molecule has 2 aromatic carbocycles. The average molecular weight is 505 g/mol. The number of nitrogens with zero attached hydrogens (tertiary/aromatic N) is 1. The Balaban J connectivity index is 1.30. The number of rotatable bonds is 3. The number of hydrogen-bond acceptors (Lipinski definition) is 6. The van der Waals surface area contributed by atoms with E-state index in [0.29, 0.717) is 11.4 Å². The first-order valence-corrected chi connectivity index (χ1v) is 13.6. The van der Waals surface area contributed by atoms with Gasteiger partial charge in [0, 0.05) is 16.0 Å². The van der Waals surface area contributed by atoms with Crippen molar-refractivity contribution in [3.8, 4) is 5.75 Å². The Labute approximate surface area is 210 Å². The zero-order valence-electron chi connectivity index (χ0n) is 19.3. The Morgan fingerprint density at radius 2 is 1.63 bits per heavy atom. The molecule has 3 aromatic rings. The van der Waals surface area contributed by atoms with Gasteiger partial charge in [-0.15, -0.1) is 11.8 Å². The summed E-state index contributed by atoms with van der Waals surface area (Å²) in [4.78, 5) is 45.3. The second-order valence-corrected chi connectivity index (χ2v) is 12.3.